The fourth-order valence-corrected chi connectivity index (χ4v) is 5.41. The Labute approximate surface area is 190 Å². The van der Waals surface area contributed by atoms with Crippen molar-refractivity contribution in [2.75, 3.05) is 12.4 Å². The molecule has 1 spiro atoms. The molecule has 1 aliphatic carbocycles. The number of nitrogens with one attached hydrogen (secondary N) is 1. The van der Waals surface area contributed by atoms with Gasteiger partial charge in [-0.2, -0.15) is 10.0 Å². The van der Waals surface area contributed by atoms with Crippen LogP contribution < -0.4 is 10.5 Å². The number of hydrogen-bond acceptors (Lipinski definition) is 8. The van der Waals surface area contributed by atoms with Crippen LogP contribution in [0.5, 0.6) is 0 Å². The van der Waals surface area contributed by atoms with Crippen molar-refractivity contribution in [3.8, 4) is 0 Å². The van der Waals surface area contributed by atoms with E-state index in [1.807, 2.05) is 10.6 Å². The highest BCUT2D eigenvalue weighted by atomic mass is 32.2. The van der Waals surface area contributed by atoms with Gasteiger partial charge in [0.15, 0.2) is 6.23 Å². The molecule has 3 aromatic rings. The van der Waals surface area contributed by atoms with Crippen molar-refractivity contribution in [1.82, 2.24) is 19.6 Å². The van der Waals surface area contributed by atoms with Crippen LogP contribution in [-0.2, 0) is 25.1 Å². The van der Waals surface area contributed by atoms with E-state index in [2.05, 4.69) is 15.3 Å². The van der Waals surface area contributed by atoms with Gasteiger partial charge >= 0.3 is 0 Å². The monoisotopic (exact) mass is 472 g/mol. The van der Waals surface area contributed by atoms with Gasteiger partial charge in [0, 0.05) is 24.4 Å². The number of fused-ring (bicyclic) bond motifs is 4. The van der Waals surface area contributed by atoms with Crippen molar-refractivity contribution in [3.63, 3.8) is 0 Å². The number of nitrogens with two attached hydrogens (primary N) is 1. The number of aromatic nitrogens is 3. The first kappa shape index (κ1) is 21.8. The van der Waals surface area contributed by atoms with E-state index in [1.54, 1.807) is 18.3 Å². The Balaban J connectivity index is 1.60. The predicted octanol–water partition coefficient (Wildman–Crippen LogP) is 2.36. The fraction of sp³-hybridized carbons (Fsp3) is 0.381. The van der Waals surface area contributed by atoms with Crippen molar-refractivity contribution < 1.29 is 23.2 Å². The summed E-state index contributed by atoms with van der Waals surface area (Å²) in [7, 11) is -2.35. The minimum atomic E-state index is -3.79. The molecular formula is C21H24N6O5S. The molecule has 4 N–H and O–H groups in total. The summed E-state index contributed by atoms with van der Waals surface area (Å²) >= 11 is 0. The third kappa shape index (κ3) is 3.46. The molecule has 1 aliphatic heterocycles. The first-order valence-electron chi connectivity index (χ1n) is 10.6. The largest absolute Gasteiger partial charge is 0.354 e. The predicted molar refractivity (Wildman–Crippen MR) is 118 cm³/mol. The van der Waals surface area contributed by atoms with E-state index in [4.69, 9.17) is 9.88 Å². The van der Waals surface area contributed by atoms with E-state index in [0.717, 1.165) is 24.6 Å². The van der Waals surface area contributed by atoms with Crippen LogP contribution in [-0.4, -0.2) is 46.2 Å². The molecule has 2 aromatic heterocycles. The zero-order valence-corrected chi connectivity index (χ0v) is 18.7. The summed E-state index contributed by atoms with van der Waals surface area (Å²) in [6.45, 7) is 0. The Morgan fingerprint density at radius 3 is 2.55 bits per heavy atom. The highest BCUT2D eigenvalue weighted by Crippen LogP contribution is 2.46. The van der Waals surface area contributed by atoms with Gasteiger partial charge in [-0.1, -0.05) is 19.3 Å². The summed E-state index contributed by atoms with van der Waals surface area (Å²) < 4.78 is 30.3. The van der Waals surface area contributed by atoms with Gasteiger partial charge in [-0.3, -0.25) is 10.0 Å². The summed E-state index contributed by atoms with van der Waals surface area (Å²) in [6, 6.07) is 7.75. The second-order valence-corrected chi connectivity index (χ2v) is 9.96. The SMILES string of the molecule is COC1c2cc3cnc(Nc4ccc(S(N)(=O)=O)cc4)nc3n2C2(CCCCC2)C(=O)N1O. The molecular weight excluding hydrogens is 448 g/mol. The molecule has 174 valence electrons. The molecule has 12 heteroatoms. The topological polar surface area (TPSA) is 153 Å². The van der Waals surface area contributed by atoms with Crippen LogP contribution in [0, 0.1) is 0 Å². The maximum Gasteiger partial charge on any atom is 0.275 e. The van der Waals surface area contributed by atoms with Gasteiger partial charge in [-0.05, 0) is 43.2 Å². The van der Waals surface area contributed by atoms with Crippen LogP contribution in [0.4, 0.5) is 11.6 Å². The van der Waals surface area contributed by atoms with Crippen LogP contribution in [0.1, 0.15) is 44.0 Å². The van der Waals surface area contributed by atoms with Crippen LogP contribution in [0.25, 0.3) is 11.0 Å². The van der Waals surface area contributed by atoms with Gasteiger partial charge in [0.25, 0.3) is 5.91 Å². The third-order valence-electron chi connectivity index (χ3n) is 6.42. The van der Waals surface area contributed by atoms with Crippen LogP contribution in [0.3, 0.4) is 0 Å². The molecule has 1 atom stereocenters. The quantitative estimate of drug-likeness (QED) is 0.489. The van der Waals surface area contributed by atoms with E-state index in [9.17, 15) is 18.4 Å². The Kier molecular flexibility index (Phi) is 5.12. The van der Waals surface area contributed by atoms with E-state index in [-0.39, 0.29) is 10.8 Å². The standard InChI is InChI=1S/C21H24N6O5S/c1-32-18-16-11-13-12-23-20(24-14-5-7-15(8-6-14)33(22,30)31)25-17(13)26(16)21(19(28)27(18)29)9-3-2-4-10-21/h5-8,11-12,18,29H,2-4,9-10H2,1H3,(H2,22,30,31)(H,23,24,25). The summed E-state index contributed by atoms with van der Waals surface area (Å²) in [4.78, 5) is 22.4. The van der Waals surface area contributed by atoms with Crippen molar-refractivity contribution >= 4 is 38.6 Å². The second-order valence-electron chi connectivity index (χ2n) is 8.40. The Hall–Kier alpha value is -3.06. The number of primary sulfonamides is 1. The number of benzene rings is 1. The molecule has 1 saturated carbocycles. The Morgan fingerprint density at radius 1 is 1.21 bits per heavy atom. The number of hydroxylamine groups is 2. The van der Waals surface area contributed by atoms with Crippen LogP contribution >= 0.6 is 0 Å². The van der Waals surface area contributed by atoms with Crippen molar-refractivity contribution in [2.24, 2.45) is 5.14 Å². The molecule has 11 nitrogen and oxygen atoms in total. The fourth-order valence-electron chi connectivity index (χ4n) is 4.89. The molecule has 2 aliphatic rings. The average molecular weight is 473 g/mol. The molecule has 33 heavy (non-hydrogen) atoms. The van der Waals surface area contributed by atoms with Gasteiger partial charge in [0.2, 0.25) is 16.0 Å². The van der Waals surface area contributed by atoms with E-state index in [0.29, 0.717) is 34.9 Å². The molecule has 3 heterocycles. The van der Waals surface area contributed by atoms with Crippen LogP contribution in [0.15, 0.2) is 41.4 Å². The first-order valence-corrected chi connectivity index (χ1v) is 12.1. The summed E-state index contributed by atoms with van der Waals surface area (Å²) in [5.41, 5.74) is 0.850. The molecule has 0 saturated heterocycles. The van der Waals surface area contributed by atoms with E-state index in [1.165, 1.54) is 19.2 Å². The highest BCUT2D eigenvalue weighted by molar-refractivity contribution is 7.89. The number of sulfonamides is 1. The lowest BCUT2D eigenvalue weighted by atomic mass is 9.79. The van der Waals surface area contributed by atoms with Gasteiger partial charge in [0.05, 0.1) is 10.6 Å². The molecule has 0 bridgehead atoms. The lowest BCUT2D eigenvalue weighted by molar-refractivity contribution is -0.234. The highest BCUT2D eigenvalue weighted by Gasteiger charge is 2.52. The Bertz CT molecular complexity index is 1330. The number of hydrogen-bond donors (Lipinski definition) is 3. The van der Waals surface area contributed by atoms with Gasteiger partial charge < -0.3 is 14.6 Å². The van der Waals surface area contributed by atoms with Crippen molar-refractivity contribution in [1.29, 1.82) is 0 Å². The van der Waals surface area contributed by atoms with Gasteiger partial charge in [0.1, 0.15) is 11.2 Å². The minimum absolute atomic E-state index is 0.00185. The average Bonchev–Trinajstić information content (AvgIpc) is 3.18. The van der Waals surface area contributed by atoms with Gasteiger partial charge in [-0.15, -0.1) is 0 Å². The van der Waals surface area contributed by atoms with Gasteiger partial charge in [-0.25, -0.2) is 18.5 Å². The number of carbonyl (C=O) groups excluding carboxylic acids is 1. The number of amides is 1. The zero-order chi connectivity index (χ0) is 23.4. The lowest BCUT2D eigenvalue weighted by Crippen LogP contribution is -2.56. The first-order chi connectivity index (χ1) is 15.7. The molecule has 1 fully saturated rings. The van der Waals surface area contributed by atoms with E-state index >= 15 is 0 Å². The lowest BCUT2D eigenvalue weighted by Gasteiger charge is -2.46. The molecule has 1 unspecified atom stereocenters. The number of carbonyl (C=O) groups is 1. The smallest absolute Gasteiger partial charge is 0.275 e. The number of nitrogens with zero attached hydrogens (tertiary/aromatic N) is 4. The third-order valence-corrected chi connectivity index (χ3v) is 7.35. The van der Waals surface area contributed by atoms with Crippen LogP contribution in [0.2, 0.25) is 0 Å². The molecule has 5 rings (SSSR count). The molecule has 1 aromatic carbocycles. The van der Waals surface area contributed by atoms with E-state index < -0.39 is 27.7 Å². The maximum atomic E-state index is 13.3. The summed E-state index contributed by atoms with van der Waals surface area (Å²) in [5, 5.41) is 20.2. The number of anilines is 2. The summed E-state index contributed by atoms with van der Waals surface area (Å²) in [5.74, 6) is -0.115. The normalized spacial score (nSPS) is 20.3. The minimum Gasteiger partial charge on any atom is -0.354 e. The van der Waals surface area contributed by atoms with Crippen molar-refractivity contribution in [3.05, 3.63) is 42.2 Å². The second kappa shape index (κ2) is 7.76. The molecule has 1 amide bonds. The number of ether oxygens (including phenoxy) is 1. The summed E-state index contributed by atoms with van der Waals surface area (Å²) in [6.07, 6.45) is 4.64. The molecule has 0 radical (unpaired) electrons. The Morgan fingerprint density at radius 2 is 1.91 bits per heavy atom. The number of methoxy groups -OCH3 is 1. The zero-order valence-electron chi connectivity index (χ0n) is 17.9. The van der Waals surface area contributed by atoms with Crippen molar-refractivity contribution in [2.45, 2.75) is 48.8 Å². The maximum absolute atomic E-state index is 13.3. The number of rotatable bonds is 4.